The Labute approximate surface area is 242 Å². The normalized spacial score (nSPS) is 18.0. The van der Waals surface area contributed by atoms with Crippen LogP contribution in [0.4, 0.5) is 39.0 Å². The molecule has 0 radical (unpaired) electrons. The van der Waals surface area contributed by atoms with Crippen molar-refractivity contribution >= 4 is 86.9 Å². The van der Waals surface area contributed by atoms with E-state index in [2.05, 4.69) is 10.6 Å². The first-order valence-corrected chi connectivity index (χ1v) is 12.5. The fraction of sp³-hybridized carbons (Fsp3) is 0.167. The smallest absolute Gasteiger partial charge is 0.394 e. The first-order chi connectivity index (χ1) is 18.0. The number of nitrogens with one attached hydrogen (secondary N) is 2. The van der Waals surface area contributed by atoms with Crippen LogP contribution in [-0.4, -0.2) is 16.1 Å². The molecule has 0 unspecified atom stereocenters. The molecule has 1 saturated carbocycles. The molecule has 206 valence electrons. The molecule has 3 aromatic carbocycles. The van der Waals surface area contributed by atoms with Gasteiger partial charge in [-0.2, -0.15) is 13.2 Å². The van der Waals surface area contributed by atoms with Crippen LogP contribution in [0.25, 0.3) is 0 Å². The number of hydrogen-bond donors (Lipinski definition) is 3. The molecule has 0 aromatic heterocycles. The summed E-state index contributed by atoms with van der Waals surface area (Å²) in [5, 5.41) is 3.49. The van der Waals surface area contributed by atoms with Gasteiger partial charge >= 0.3 is 6.18 Å². The third kappa shape index (κ3) is 5.71. The molecule has 0 aliphatic heterocycles. The highest BCUT2D eigenvalue weighted by atomic mass is 35.5. The SMILES string of the molecule is Nc1c(F)ccc(NC(=O)c2cc(NC(=O)[C@H]3[C@@H](c4cc(Cl)c(Cl)c(C(F)(F)F)c4)C3(Cl)Cl)ccc2Cl)c1F. The van der Waals surface area contributed by atoms with Crippen molar-refractivity contribution in [1.82, 2.24) is 0 Å². The van der Waals surface area contributed by atoms with E-state index in [1.807, 2.05) is 0 Å². The maximum absolute atomic E-state index is 14.2. The standard InChI is InChI=1S/C24H13Cl5F5N3O2/c25-12-2-1-9(7-10(12)21(38)37-15-4-3-14(30)20(35)19(15)31)36-22(39)17-16(23(17,28)29)8-5-11(24(32,33)34)18(27)13(26)6-8/h1-7,16-17H,35H2,(H,36,39)(H,37,38)/t16-,17-/m1/s1. The summed E-state index contributed by atoms with van der Waals surface area (Å²) in [6.45, 7) is 0. The van der Waals surface area contributed by atoms with E-state index in [4.69, 9.17) is 63.7 Å². The van der Waals surface area contributed by atoms with Gasteiger partial charge in [0.25, 0.3) is 5.91 Å². The number of carbonyl (C=O) groups excluding carboxylic acids is 2. The molecule has 4 rings (SSSR count). The number of nitrogen functional groups attached to an aromatic ring is 1. The number of alkyl halides is 5. The van der Waals surface area contributed by atoms with Crippen molar-refractivity contribution in [3.05, 3.63) is 85.9 Å². The Bertz CT molecular complexity index is 1520. The van der Waals surface area contributed by atoms with Gasteiger partial charge in [-0.05, 0) is 48.0 Å². The Hall–Kier alpha value is -2.50. The molecule has 0 bridgehead atoms. The summed E-state index contributed by atoms with van der Waals surface area (Å²) in [6.07, 6.45) is -4.83. The van der Waals surface area contributed by atoms with Crippen LogP contribution in [0.1, 0.15) is 27.4 Å². The van der Waals surface area contributed by atoms with Crippen molar-refractivity contribution in [1.29, 1.82) is 0 Å². The second-order valence-electron chi connectivity index (χ2n) is 8.45. The minimum absolute atomic E-state index is 0.0357. The fourth-order valence-corrected chi connectivity index (χ4v) is 5.39. The topological polar surface area (TPSA) is 84.2 Å². The first kappa shape index (κ1) is 29.5. The lowest BCUT2D eigenvalue weighted by Gasteiger charge is -2.13. The molecule has 0 heterocycles. The van der Waals surface area contributed by atoms with Gasteiger partial charge in [-0.3, -0.25) is 9.59 Å². The summed E-state index contributed by atoms with van der Waals surface area (Å²) < 4.78 is 66.0. The summed E-state index contributed by atoms with van der Waals surface area (Å²) in [6, 6.07) is 7.42. The third-order valence-electron chi connectivity index (χ3n) is 5.90. The lowest BCUT2D eigenvalue weighted by Crippen LogP contribution is -2.18. The number of nitrogens with two attached hydrogens (primary N) is 1. The minimum Gasteiger partial charge on any atom is -0.394 e. The van der Waals surface area contributed by atoms with Crippen molar-refractivity contribution in [2.24, 2.45) is 5.92 Å². The Kier molecular flexibility index (Phi) is 7.92. The lowest BCUT2D eigenvalue weighted by atomic mass is 10.0. The molecule has 1 aliphatic carbocycles. The highest BCUT2D eigenvalue weighted by Crippen LogP contribution is 2.66. The van der Waals surface area contributed by atoms with Crippen LogP contribution in [-0.2, 0) is 11.0 Å². The van der Waals surface area contributed by atoms with Gasteiger partial charge in [0.2, 0.25) is 5.91 Å². The number of amides is 2. The first-order valence-electron chi connectivity index (χ1n) is 10.6. The Morgan fingerprint density at radius 3 is 2.23 bits per heavy atom. The zero-order chi connectivity index (χ0) is 29.0. The van der Waals surface area contributed by atoms with Gasteiger partial charge in [0.15, 0.2) is 5.82 Å². The summed E-state index contributed by atoms with van der Waals surface area (Å²) in [5.74, 6) is -6.18. The minimum atomic E-state index is -4.83. The molecule has 39 heavy (non-hydrogen) atoms. The molecular formula is C24H13Cl5F5N3O2. The second-order valence-corrected chi connectivity index (χ2v) is 11.1. The Morgan fingerprint density at radius 2 is 1.59 bits per heavy atom. The van der Waals surface area contributed by atoms with Gasteiger partial charge in [-0.1, -0.05) is 34.8 Å². The number of anilines is 3. The van der Waals surface area contributed by atoms with Crippen molar-refractivity contribution in [2.45, 2.75) is 16.4 Å². The number of benzene rings is 3. The quantitative estimate of drug-likeness (QED) is 0.148. The monoisotopic (exact) mass is 645 g/mol. The summed E-state index contributed by atoms with van der Waals surface area (Å²) in [4.78, 5) is 25.7. The van der Waals surface area contributed by atoms with Gasteiger partial charge < -0.3 is 16.4 Å². The Balaban J connectivity index is 1.55. The zero-order valence-electron chi connectivity index (χ0n) is 18.9. The molecule has 1 aliphatic rings. The van der Waals surface area contributed by atoms with Crippen LogP contribution in [0.3, 0.4) is 0 Å². The average Bonchev–Trinajstić information content (AvgIpc) is 3.43. The van der Waals surface area contributed by atoms with Gasteiger partial charge in [-0.25, -0.2) is 8.78 Å². The summed E-state index contributed by atoms with van der Waals surface area (Å²) in [7, 11) is 0. The summed E-state index contributed by atoms with van der Waals surface area (Å²) >= 11 is 30.2. The highest BCUT2D eigenvalue weighted by Gasteiger charge is 2.68. The average molecular weight is 648 g/mol. The van der Waals surface area contributed by atoms with Gasteiger partial charge in [0.1, 0.15) is 15.8 Å². The van der Waals surface area contributed by atoms with E-state index in [9.17, 15) is 31.5 Å². The second kappa shape index (κ2) is 10.5. The fourth-order valence-electron chi connectivity index (χ4n) is 3.92. The summed E-state index contributed by atoms with van der Waals surface area (Å²) in [5.41, 5.74) is 2.64. The molecule has 3 aromatic rings. The van der Waals surface area contributed by atoms with Crippen LogP contribution in [0, 0.1) is 17.6 Å². The van der Waals surface area contributed by atoms with E-state index in [1.54, 1.807) is 0 Å². The van der Waals surface area contributed by atoms with Crippen LogP contribution in [0.15, 0.2) is 42.5 Å². The van der Waals surface area contributed by atoms with Crippen LogP contribution in [0.5, 0.6) is 0 Å². The maximum Gasteiger partial charge on any atom is 0.417 e. The number of carbonyl (C=O) groups is 2. The largest absolute Gasteiger partial charge is 0.417 e. The predicted octanol–water partition coefficient (Wildman–Crippen LogP) is 8.30. The molecular weight excluding hydrogens is 635 g/mol. The zero-order valence-corrected chi connectivity index (χ0v) is 22.6. The molecule has 15 heteroatoms. The van der Waals surface area contributed by atoms with E-state index in [0.29, 0.717) is 0 Å². The molecule has 0 spiro atoms. The third-order valence-corrected chi connectivity index (χ3v) is 7.98. The van der Waals surface area contributed by atoms with Gasteiger partial charge in [0, 0.05) is 11.6 Å². The lowest BCUT2D eigenvalue weighted by molar-refractivity contribution is -0.137. The van der Waals surface area contributed by atoms with Crippen LogP contribution >= 0.6 is 58.0 Å². The molecule has 0 saturated heterocycles. The number of hydrogen-bond acceptors (Lipinski definition) is 3. The van der Waals surface area contributed by atoms with E-state index < -0.39 is 72.8 Å². The van der Waals surface area contributed by atoms with E-state index in [0.717, 1.165) is 30.3 Å². The van der Waals surface area contributed by atoms with Gasteiger partial charge in [-0.15, -0.1) is 23.2 Å². The molecule has 5 nitrogen and oxygen atoms in total. The predicted molar refractivity (Wildman–Crippen MR) is 141 cm³/mol. The molecule has 2 amide bonds. The number of rotatable bonds is 5. The number of halogens is 10. The van der Waals surface area contributed by atoms with Crippen molar-refractivity contribution in [3.63, 3.8) is 0 Å². The molecule has 1 fully saturated rings. The van der Waals surface area contributed by atoms with Crippen LogP contribution < -0.4 is 16.4 Å². The highest BCUT2D eigenvalue weighted by molar-refractivity contribution is 6.53. The maximum atomic E-state index is 14.2. The van der Waals surface area contributed by atoms with Crippen molar-refractivity contribution in [3.8, 4) is 0 Å². The van der Waals surface area contributed by atoms with E-state index in [1.165, 1.54) is 12.1 Å². The Morgan fingerprint density at radius 1 is 0.923 bits per heavy atom. The van der Waals surface area contributed by atoms with Crippen LogP contribution in [0.2, 0.25) is 15.1 Å². The van der Waals surface area contributed by atoms with Gasteiger partial charge in [0.05, 0.1) is 37.8 Å². The van der Waals surface area contributed by atoms with E-state index >= 15 is 0 Å². The van der Waals surface area contributed by atoms with Crippen molar-refractivity contribution < 1.29 is 31.5 Å². The molecule has 4 N–H and O–H groups in total. The molecule has 2 atom stereocenters. The van der Waals surface area contributed by atoms with Crippen molar-refractivity contribution in [2.75, 3.05) is 16.4 Å². The van der Waals surface area contributed by atoms with E-state index in [-0.39, 0.29) is 21.8 Å².